The van der Waals surface area contributed by atoms with Crippen LogP contribution >= 0.6 is 0 Å². The predicted molar refractivity (Wildman–Crippen MR) is 56.6 cm³/mol. The van der Waals surface area contributed by atoms with Gasteiger partial charge in [-0.1, -0.05) is 18.2 Å². The highest BCUT2D eigenvalue weighted by Crippen LogP contribution is 2.13. The number of hydrogen-bond donors (Lipinski definition) is 1. The number of aryl methyl sites for hydroxylation is 1. The third-order valence-electron chi connectivity index (χ3n) is 1.91. The third kappa shape index (κ3) is 2.78. The van der Waals surface area contributed by atoms with Gasteiger partial charge in [0.25, 0.3) is 0 Å². The lowest BCUT2D eigenvalue weighted by molar-refractivity contribution is 0.576. The van der Waals surface area contributed by atoms with Gasteiger partial charge >= 0.3 is 0 Å². The molecule has 80 valence electrons. The van der Waals surface area contributed by atoms with Crippen LogP contribution in [0.2, 0.25) is 0 Å². The molecular formula is C10H12N2O2S. The summed E-state index contributed by atoms with van der Waals surface area (Å²) >= 11 is 0. The topological polar surface area (TPSA) is 70.0 Å². The van der Waals surface area contributed by atoms with Crippen LogP contribution in [0, 0.1) is 18.3 Å². The summed E-state index contributed by atoms with van der Waals surface area (Å²) in [5.74, 6) is 0. The number of benzene rings is 1. The van der Waals surface area contributed by atoms with E-state index in [0.717, 1.165) is 0 Å². The Labute approximate surface area is 89.6 Å². The summed E-state index contributed by atoms with van der Waals surface area (Å²) in [6.07, 6.45) is 0. The minimum atomic E-state index is -3.57. The molecule has 0 amide bonds. The Hall–Kier alpha value is -1.38. The van der Waals surface area contributed by atoms with E-state index in [1.807, 2.05) is 6.07 Å². The predicted octanol–water partition coefficient (Wildman–Crippen LogP) is 1.19. The first-order chi connectivity index (χ1) is 6.97. The highest BCUT2D eigenvalue weighted by atomic mass is 32.2. The fraction of sp³-hybridized carbons (Fsp3) is 0.300. The van der Waals surface area contributed by atoms with E-state index >= 15 is 0 Å². The van der Waals surface area contributed by atoms with Crippen molar-refractivity contribution in [3.05, 3.63) is 29.8 Å². The molecule has 0 saturated carbocycles. The maximum atomic E-state index is 11.8. The first-order valence-electron chi connectivity index (χ1n) is 4.45. The SMILES string of the molecule is Cc1ccccc1S(=O)(=O)NC(C)C#N. The average Bonchev–Trinajstić information content (AvgIpc) is 2.17. The number of hydrogen-bond acceptors (Lipinski definition) is 3. The zero-order chi connectivity index (χ0) is 11.5. The van der Waals surface area contributed by atoms with Crippen molar-refractivity contribution < 1.29 is 8.42 Å². The molecule has 0 aliphatic rings. The van der Waals surface area contributed by atoms with Crippen molar-refractivity contribution in [1.82, 2.24) is 4.72 Å². The van der Waals surface area contributed by atoms with Crippen molar-refractivity contribution in [3.8, 4) is 6.07 Å². The maximum Gasteiger partial charge on any atom is 0.241 e. The minimum absolute atomic E-state index is 0.215. The van der Waals surface area contributed by atoms with E-state index < -0.39 is 16.1 Å². The summed E-state index contributed by atoms with van der Waals surface area (Å²) in [4.78, 5) is 0.215. The fourth-order valence-corrected chi connectivity index (χ4v) is 2.58. The molecule has 0 aliphatic heterocycles. The standard InChI is InChI=1S/C10H12N2O2S/c1-8-5-3-4-6-10(8)15(13,14)12-9(2)7-11/h3-6,9,12H,1-2H3. The molecule has 0 spiro atoms. The van der Waals surface area contributed by atoms with Crippen LogP contribution in [0.15, 0.2) is 29.2 Å². The van der Waals surface area contributed by atoms with Crippen LogP contribution in [-0.2, 0) is 10.0 Å². The van der Waals surface area contributed by atoms with Crippen LogP contribution in [0.5, 0.6) is 0 Å². The van der Waals surface area contributed by atoms with E-state index in [1.54, 1.807) is 25.1 Å². The van der Waals surface area contributed by atoms with Crippen molar-refractivity contribution >= 4 is 10.0 Å². The molecule has 1 aromatic rings. The lowest BCUT2D eigenvalue weighted by Crippen LogP contribution is -2.31. The third-order valence-corrected chi connectivity index (χ3v) is 3.61. The molecule has 1 unspecified atom stereocenters. The van der Waals surface area contributed by atoms with E-state index in [0.29, 0.717) is 5.56 Å². The summed E-state index contributed by atoms with van der Waals surface area (Å²) in [6, 6.07) is 7.74. The second-order valence-corrected chi connectivity index (χ2v) is 4.92. The van der Waals surface area contributed by atoms with Crippen LogP contribution < -0.4 is 4.72 Å². The second-order valence-electron chi connectivity index (χ2n) is 3.24. The normalized spacial score (nSPS) is 13.1. The molecule has 0 fully saturated rings. The van der Waals surface area contributed by atoms with E-state index in [4.69, 9.17) is 5.26 Å². The van der Waals surface area contributed by atoms with Crippen molar-refractivity contribution in [2.75, 3.05) is 0 Å². The first kappa shape index (κ1) is 11.7. The lowest BCUT2D eigenvalue weighted by Gasteiger charge is -2.09. The van der Waals surface area contributed by atoms with Gasteiger partial charge in [0.2, 0.25) is 10.0 Å². The van der Waals surface area contributed by atoms with Crippen LogP contribution in [0.1, 0.15) is 12.5 Å². The van der Waals surface area contributed by atoms with Crippen molar-refractivity contribution in [3.63, 3.8) is 0 Å². The van der Waals surface area contributed by atoms with Gasteiger partial charge in [0, 0.05) is 0 Å². The zero-order valence-electron chi connectivity index (χ0n) is 8.56. The van der Waals surface area contributed by atoms with Crippen molar-refractivity contribution in [1.29, 1.82) is 5.26 Å². The zero-order valence-corrected chi connectivity index (χ0v) is 9.38. The van der Waals surface area contributed by atoms with Gasteiger partial charge in [0.15, 0.2) is 0 Å². The summed E-state index contributed by atoms with van der Waals surface area (Å²) in [5.41, 5.74) is 0.662. The Bertz CT molecular complexity index is 488. The molecule has 0 aliphatic carbocycles. The van der Waals surface area contributed by atoms with E-state index in [2.05, 4.69) is 4.72 Å². The van der Waals surface area contributed by atoms with Gasteiger partial charge in [-0.3, -0.25) is 0 Å². The Morgan fingerprint density at radius 3 is 2.53 bits per heavy atom. The summed E-state index contributed by atoms with van der Waals surface area (Å²) in [7, 11) is -3.57. The highest BCUT2D eigenvalue weighted by molar-refractivity contribution is 7.89. The van der Waals surface area contributed by atoms with E-state index in [1.165, 1.54) is 13.0 Å². The fourth-order valence-electron chi connectivity index (χ4n) is 1.18. The number of nitrogens with zero attached hydrogens (tertiary/aromatic N) is 1. The largest absolute Gasteiger partial charge is 0.241 e. The molecule has 0 bridgehead atoms. The van der Waals surface area contributed by atoms with Gasteiger partial charge in [0.05, 0.1) is 11.0 Å². The maximum absolute atomic E-state index is 11.8. The van der Waals surface area contributed by atoms with Crippen molar-refractivity contribution in [2.45, 2.75) is 24.8 Å². The molecular weight excluding hydrogens is 212 g/mol. The van der Waals surface area contributed by atoms with Gasteiger partial charge < -0.3 is 0 Å². The summed E-state index contributed by atoms with van der Waals surface area (Å²) in [6.45, 7) is 3.21. The van der Waals surface area contributed by atoms with Crippen LogP contribution in [0.25, 0.3) is 0 Å². The monoisotopic (exact) mass is 224 g/mol. The Morgan fingerprint density at radius 1 is 1.40 bits per heavy atom. The number of rotatable bonds is 3. The molecule has 5 heteroatoms. The molecule has 0 heterocycles. The van der Waals surface area contributed by atoms with Gasteiger partial charge in [-0.25, -0.2) is 8.42 Å². The first-order valence-corrected chi connectivity index (χ1v) is 5.93. The number of nitrogens with one attached hydrogen (secondary N) is 1. The van der Waals surface area contributed by atoms with Gasteiger partial charge in [0.1, 0.15) is 6.04 Å². The quantitative estimate of drug-likeness (QED) is 0.838. The van der Waals surface area contributed by atoms with Crippen molar-refractivity contribution in [2.24, 2.45) is 0 Å². The second kappa shape index (κ2) is 4.43. The number of sulfonamides is 1. The summed E-state index contributed by atoms with van der Waals surface area (Å²) < 4.78 is 25.8. The Balaban J connectivity index is 3.09. The smallest absolute Gasteiger partial charge is 0.207 e. The van der Waals surface area contributed by atoms with Gasteiger partial charge in [-0.2, -0.15) is 9.98 Å². The molecule has 0 aromatic heterocycles. The molecule has 1 aromatic carbocycles. The van der Waals surface area contributed by atoms with Crippen LogP contribution in [0.4, 0.5) is 0 Å². The van der Waals surface area contributed by atoms with E-state index in [-0.39, 0.29) is 4.90 Å². The molecule has 0 saturated heterocycles. The minimum Gasteiger partial charge on any atom is -0.207 e. The van der Waals surface area contributed by atoms with Crippen LogP contribution in [0.3, 0.4) is 0 Å². The Kier molecular flexibility index (Phi) is 3.45. The molecule has 4 nitrogen and oxygen atoms in total. The number of nitriles is 1. The van der Waals surface area contributed by atoms with E-state index in [9.17, 15) is 8.42 Å². The van der Waals surface area contributed by atoms with Crippen LogP contribution in [-0.4, -0.2) is 14.5 Å². The Morgan fingerprint density at radius 2 is 2.00 bits per heavy atom. The molecule has 1 N–H and O–H groups in total. The molecule has 1 rings (SSSR count). The average molecular weight is 224 g/mol. The lowest BCUT2D eigenvalue weighted by atomic mass is 10.2. The van der Waals surface area contributed by atoms with Gasteiger partial charge in [-0.15, -0.1) is 0 Å². The molecule has 0 radical (unpaired) electrons. The summed E-state index contributed by atoms with van der Waals surface area (Å²) in [5, 5.41) is 8.54. The molecule has 15 heavy (non-hydrogen) atoms. The highest BCUT2D eigenvalue weighted by Gasteiger charge is 2.18. The van der Waals surface area contributed by atoms with Gasteiger partial charge in [-0.05, 0) is 25.5 Å². The molecule has 1 atom stereocenters.